The molecule has 0 spiro atoms. The number of hydrogen-bond donors (Lipinski definition) is 1. The van der Waals surface area contributed by atoms with Gasteiger partial charge in [-0.15, -0.1) is 0 Å². The summed E-state index contributed by atoms with van der Waals surface area (Å²) >= 11 is 1.37. The number of rotatable bonds is 5. The fraction of sp³-hybridized carbons (Fsp3) is 0.533. The Bertz CT molecular complexity index is 446. The van der Waals surface area contributed by atoms with Gasteiger partial charge in [-0.25, -0.2) is 0 Å². The summed E-state index contributed by atoms with van der Waals surface area (Å²) in [6.07, 6.45) is 3.64. The molecule has 1 aromatic carbocycles. The van der Waals surface area contributed by atoms with Gasteiger partial charge >= 0.3 is 0 Å². The van der Waals surface area contributed by atoms with Gasteiger partial charge in [-0.2, -0.15) is 0 Å². The molecule has 3 nitrogen and oxygen atoms in total. The molecule has 1 amide bonds. The summed E-state index contributed by atoms with van der Waals surface area (Å²) in [6, 6.07) is 6.12. The van der Waals surface area contributed by atoms with E-state index in [-0.39, 0.29) is 5.91 Å². The minimum Gasteiger partial charge on any atom is -0.492 e. The number of carbonyl (C=O) groups is 1. The molecule has 0 aromatic heterocycles. The molecule has 0 radical (unpaired) electrons. The highest BCUT2D eigenvalue weighted by Crippen LogP contribution is 2.34. The van der Waals surface area contributed by atoms with Crippen LogP contribution in [-0.2, 0) is 11.2 Å². The number of amides is 1. The van der Waals surface area contributed by atoms with Crippen molar-refractivity contribution in [2.45, 2.75) is 44.4 Å². The molecule has 0 unspecified atom stereocenters. The predicted octanol–water partition coefficient (Wildman–Crippen LogP) is 3.57. The van der Waals surface area contributed by atoms with Gasteiger partial charge in [0.15, 0.2) is 0 Å². The molecule has 0 aliphatic carbocycles. The van der Waals surface area contributed by atoms with Crippen LogP contribution in [0.3, 0.4) is 0 Å². The Morgan fingerprint density at radius 1 is 1.47 bits per heavy atom. The number of aryl methyl sites for hydroxylation is 1. The first-order valence-electron chi connectivity index (χ1n) is 6.87. The molecule has 0 atom stereocenters. The lowest BCUT2D eigenvalue weighted by molar-refractivity contribution is -0.119. The Morgan fingerprint density at radius 2 is 2.32 bits per heavy atom. The van der Waals surface area contributed by atoms with Gasteiger partial charge in [-0.1, -0.05) is 26.0 Å². The summed E-state index contributed by atoms with van der Waals surface area (Å²) in [5.74, 6) is 1.60. The molecule has 19 heavy (non-hydrogen) atoms. The average molecular weight is 279 g/mol. The van der Waals surface area contributed by atoms with E-state index in [1.165, 1.54) is 17.5 Å². The maximum Gasteiger partial charge on any atom is 0.230 e. The fourth-order valence-electron chi connectivity index (χ4n) is 2.02. The third kappa shape index (κ3) is 4.16. The lowest BCUT2D eigenvalue weighted by Gasteiger charge is -2.19. The van der Waals surface area contributed by atoms with Gasteiger partial charge < -0.3 is 4.74 Å². The van der Waals surface area contributed by atoms with E-state index in [1.54, 1.807) is 0 Å². The summed E-state index contributed by atoms with van der Waals surface area (Å²) in [5, 5.41) is 0. The van der Waals surface area contributed by atoms with Crippen LogP contribution in [0.5, 0.6) is 5.75 Å². The quantitative estimate of drug-likeness (QED) is 0.837. The number of benzene rings is 1. The number of nitrogens with one attached hydrogen (secondary N) is 1. The topological polar surface area (TPSA) is 38.3 Å². The van der Waals surface area contributed by atoms with Crippen molar-refractivity contribution in [3.05, 3.63) is 23.8 Å². The SMILES string of the molecule is CC(C)CCC(=O)NSc1cccc2c1OCCC2. The van der Waals surface area contributed by atoms with E-state index in [1.807, 2.05) is 12.1 Å². The van der Waals surface area contributed by atoms with Crippen molar-refractivity contribution in [1.29, 1.82) is 0 Å². The van der Waals surface area contributed by atoms with E-state index < -0.39 is 0 Å². The summed E-state index contributed by atoms with van der Waals surface area (Å²) in [7, 11) is 0. The molecule has 1 N–H and O–H groups in total. The fourth-order valence-corrected chi connectivity index (χ4v) is 2.78. The monoisotopic (exact) mass is 279 g/mol. The van der Waals surface area contributed by atoms with Crippen LogP contribution in [0.1, 0.15) is 38.7 Å². The number of fused-ring (bicyclic) bond motifs is 1. The van der Waals surface area contributed by atoms with Crippen LogP contribution in [-0.4, -0.2) is 12.5 Å². The van der Waals surface area contributed by atoms with Crippen molar-refractivity contribution in [3.63, 3.8) is 0 Å². The number of para-hydroxylation sites is 1. The normalized spacial score (nSPS) is 13.8. The largest absolute Gasteiger partial charge is 0.492 e. The van der Waals surface area contributed by atoms with Crippen LogP contribution >= 0.6 is 11.9 Å². The molecule has 0 bridgehead atoms. The highest BCUT2D eigenvalue weighted by atomic mass is 32.2. The number of hydrogen-bond acceptors (Lipinski definition) is 3. The van der Waals surface area contributed by atoms with Gasteiger partial charge in [0.2, 0.25) is 5.91 Å². The Hall–Kier alpha value is -1.16. The zero-order valence-corrected chi connectivity index (χ0v) is 12.4. The number of ether oxygens (including phenoxy) is 1. The van der Waals surface area contributed by atoms with Crippen molar-refractivity contribution in [2.75, 3.05) is 6.61 Å². The lowest BCUT2D eigenvalue weighted by Crippen LogP contribution is -2.16. The lowest BCUT2D eigenvalue weighted by atomic mass is 10.1. The van der Waals surface area contributed by atoms with E-state index in [0.29, 0.717) is 12.3 Å². The molecule has 1 aliphatic rings. The second kappa shape index (κ2) is 6.85. The highest BCUT2D eigenvalue weighted by molar-refractivity contribution is 7.98. The first-order valence-corrected chi connectivity index (χ1v) is 7.69. The molecule has 2 rings (SSSR count). The Labute approximate surface area is 119 Å². The third-order valence-electron chi connectivity index (χ3n) is 3.12. The van der Waals surface area contributed by atoms with Gasteiger partial charge in [0.1, 0.15) is 5.75 Å². The molecular formula is C15H21NO2S. The van der Waals surface area contributed by atoms with Crippen LogP contribution in [0.15, 0.2) is 23.1 Å². The zero-order valence-electron chi connectivity index (χ0n) is 11.6. The molecule has 4 heteroatoms. The molecule has 1 aromatic rings. The minimum absolute atomic E-state index is 0.0899. The zero-order chi connectivity index (χ0) is 13.7. The first kappa shape index (κ1) is 14.3. The summed E-state index contributed by atoms with van der Waals surface area (Å²) in [6.45, 7) is 5.02. The Morgan fingerprint density at radius 3 is 3.11 bits per heavy atom. The Balaban J connectivity index is 1.91. The third-order valence-corrected chi connectivity index (χ3v) is 3.99. The van der Waals surface area contributed by atoms with E-state index >= 15 is 0 Å². The van der Waals surface area contributed by atoms with E-state index in [9.17, 15) is 4.79 Å². The standard InChI is InChI=1S/C15H21NO2S/c1-11(2)8-9-14(17)16-19-13-7-3-5-12-6-4-10-18-15(12)13/h3,5,7,11H,4,6,8-10H2,1-2H3,(H,16,17). The molecular weight excluding hydrogens is 258 g/mol. The smallest absolute Gasteiger partial charge is 0.230 e. The van der Waals surface area contributed by atoms with E-state index in [4.69, 9.17) is 4.74 Å². The molecule has 0 fully saturated rings. The van der Waals surface area contributed by atoms with Crippen LogP contribution in [0.25, 0.3) is 0 Å². The maximum absolute atomic E-state index is 11.7. The summed E-state index contributed by atoms with van der Waals surface area (Å²) in [5.41, 5.74) is 1.24. The van der Waals surface area contributed by atoms with Crippen LogP contribution in [0.2, 0.25) is 0 Å². The maximum atomic E-state index is 11.7. The molecule has 104 valence electrons. The molecule has 0 saturated heterocycles. The van der Waals surface area contributed by atoms with Crippen molar-refractivity contribution in [2.24, 2.45) is 5.92 Å². The Kier molecular flexibility index (Phi) is 5.14. The predicted molar refractivity (Wildman–Crippen MR) is 78.3 cm³/mol. The first-order chi connectivity index (χ1) is 9.16. The van der Waals surface area contributed by atoms with Crippen LogP contribution < -0.4 is 9.46 Å². The minimum atomic E-state index is 0.0899. The van der Waals surface area contributed by atoms with Crippen LogP contribution in [0, 0.1) is 5.92 Å². The van der Waals surface area contributed by atoms with Crippen LogP contribution in [0.4, 0.5) is 0 Å². The van der Waals surface area contributed by atoms with Gasteiger partial charge in [0, 0.05) is 6.42 Å². The van der Waals surface area contributed by atoms with Gasteiger partial charge in [0.05, 0.1) is 11.5 Å². The van der Waals surface area contributed by atoms with Crippen molar-refractivity contribution >= 4 is 17.9 Å². The average Bonchev–Trinajstić information content (AvgIpc) is 2.42. The van der Waals surface area contributed by atoms with Crippen molar-refractivity contribution < 1.29 is 9.53 Å². The molecule has 0 saturated carbocycles. The van der Waals surface area contributed by atoms with Gasteiger partial charge in [0.25, 0.3) is 0 Å². The summed E-state index contributed by atoms with van der Waals surface area (Å²) in [4.78, 5) is 12.7. The second-order valence-corrected chi connectivity index (χ2v) is 6.10. The van der Waals surface area contributed by atoms with E-state index in [2.05, 4.69) is 24.6 Å². The van der Waals surface area contributed by atoms with Gasteiger partial charge in [-0.3, -0.25) is 9.52 Å². The van der Waals surface area contributed by atoms with Crippen molar-refractivity contribution in [3.8, 4) is 5.75 Å². The second-order valence-electron chi connectivity index (χ2n) is 5.26. The molecule has 1 heterocycles. The van der Waals surface area contributed by atoms with Gasteiger partial charge in [-0.05, 0) is 48.8 Å². The highest BCUT2D eigenvalue weighted by Gasteiger charge is 2.15. The van der Waals surface area contributed by atoms with E-state index in [0.717, 1.165) is 36.5 Å². The number of carbonyl (C=O) groups excluding carboxylic acids is 1. The molecule has 1 aliphatic heterocycles. The summed E-state index contributed by atoms with van der Waals surface area (Å²) < 4.78 is 8.62. The van der Waals surface area contributed by atoms with Crippen molar-refractivity contribution in [1.82, 2.24) is 4.72 Å².